The van der Waals surface area contributed by atoms with Gasteiger partial charge in [0.15, 0.2) is 0 Å². The molecule has 6 heterocycles. The van der Waals surface area contributed by atoms with Crippen LogP contribution in [0.5, 0.6) is 34.5 Å². The van der Waals surface area contributed by atoms with Crippen LogP contribution in [0.25, 0.3) is 0 Å². The molecule has 18 aliphatic rings. The second-order valence-electron chi connectivity index (χ2n) is 36.6. The van der Waals surface area contributed by atoms with Gasteiger partial charge in [-0.3, -0.25) is 0 Å². The number of hydrogen-bond donors (Lipinski definition) is 0. The van der Waals surface area contributed by atoms with Gasteiger partial charge in [0.2, 0.25) is 0 Å². The molecule has 12 aliphatic carbocycles. The number of fused-ring (bicyclic) bond motifs is 6. The van der Waals surface area contributed by atoms with Gasteiger partial charge in [0.05, 0.1) is 42.7 Å². The van der Waals surface area contributed by atoms with Gasteiger partial charge in [-0.1, -0.05) is 113 Å². The van der Waals surface area contributed by atoms with Crippen molar-refractivity contribution in [3.05, 3.63) is 176 Å². The number of ether oxygens (including phenoxy) is 6. The zero-order valence-electron chi connectivity index (χ0n) is 112. The summed E-state index contributed by atoms with van der Waals surface area (Å²) in [7, 11) is 15.1. The molecule has 6 aromatic carbocycles. The Balaban J connectivity index is 0.000000119. The van der Waals surface area contributed by atoms with E-state index in [4.69, 9.17) is 75.0 Å². The lowest BCUT2D eigenvalue weighted by atomic mass is 9.52. The van der Waals surface area contributed by atoms with Crippen LogP contribution in [0, 0.1) is 35.5 Å². The number of hydrogen-bond acceptors (Lipinski definition) is 12. The standard InChI is InChI=1S/6C18H25NO/c6*1-19-10-9-18-8-4-3-5-15(18)17(19)11-13-6-7-14(20-2)12-16(13)18/h6*6-7,12,15,17H,3-5,8-11H2,1-2H3/t6*15?,17-,18-/m000000/s1/i2*9D2,10D2,11D2,17D;2*1D3,9D2,10D2,17D;2*9D2,10D2,17D. The molecule has 648 valence electrons. The zero-order chi connectivity index (χ0) is 118. The summed E-state index contributed by atoms with van der Waals surface area (Å²) >= 11 is 0. The second kappa shape index (κ2) is 34.0. The third-order valence-corrected chi connectivity index (χ3v) is 31.1. The van der Waals surface area contributed by atoms with E-state index < -0.39 is 196 Å². The molecule has 12 nitrogen and oxygen atoms in total. The van der Waals surface area contributed by atoms with Crippen molar-refractivity contribution in [1.82, 2.24) is 29.4 Å². The van der Waals surface area contributed by atoms with Crippen molar-refractivity contribution in [2.24, 2.45) is 35.5 Å². The van der Waals surface area contributed by atoms with Crippen molar-refractivity contribution in [2.75, 3.05) is 124 Å². The Morgan fingerprint density at radius 2 is 0.458 bits per heavy atom. The lowest BCUT2D eigenvalue weighted by Gasteiger charge is -2.58. The molecule has 24 rings (SSSR count). The maximum Gasteiger partial charge on any atom is 0.119 e. The second-order valence-corrected chi connectivity index (χ2v) is 36.6. The quantitative estimate of drug-likeness (QED) is 0.159. The van der Waals surface area contributed by atoms with E-state index in [1.54, 1.807) is 101 Å². The molecule has 6 saturated heterocycles. The molecule has 6 saturated carbocycles. The minimum atomic E-state index is -2.92. The lowest BCUT2D eigenvalue weighted by Crippen LogP contribution is -2.59. The van der Waals surface area contributed by atoms with Gasteiger partial charge in [0.25, 0.3) is 0 Å². The van der Waals surface area contributed by atoms with Crippen molar-refractivity contribution in [2.45, 2.75) is 299 Å². The van der Waals surface area contributed by atoms with Crippen LogP contribution in [0.15, 0.2) is 109 Å². The summed E-state index contributed by atoms with van der Waals surface area (Å²) in [6.45, 7) is -20.9. The van der Waals surface area contributed by atoms with Gasteiger partial charge in [-0.2, -0.15) is 0 Å². The van der Waals surface area contributed by atoms with E-state index in [2.05, 4.69) is 0 Å². The Labute approximate surface area is 779 Å². The highest BCUT2D eigenvalue weighted by Crippen LogP contribution is 2.63. The van der Waals surface area contributed by atoms with Crippen LogP contribution < -0.4 is 28.4 Å². The van der Waals surface area contributed by atoms with E-state index in [-0.39, 0.29) is 35.8 Å². The normalized spacial score (nSPS) is 50.8. The SMILES string of the molecule is [2H]C([2H])([2H])N1C([2H])([2H])C([2H])([2H])[C@@]23CCCCC2[C@]1([2H])Cc1ccc(OC)cc13.[2H]C([2H])([2H])N1C([2H])([2H])C([2H])([2H])[C@@]23CCCCC2[C@]1([2H])Cc1ccc(OC)cc13.[2H]C1([2H])N(C)[C@@]2([2H])Cc3ccc(OC)cc3[C@@]3(CCCCC23)C1([2H])[2H].[2H]C1([2H])N(C)[C@@]2([2H])Cc3ccc(OC)cc3[C@@]3(CCCCC23)C1([2H])[2H].[2H]C1([2H])N(C)[C@]2([2H])C3CCCC[C@]3(c3cc(OC)ccc3C2([2H])[2H])C1([2H])[2H].[2H]C1([2H])N(C)[C@]2([2H])C3CCCC[C@]3(c3cc(OC)ccc3C2([2H])[2H])C1([2H])[2H]. The molecule has 18 atom stereocenters. The Kier molecular flexibility index (Phi) is 13.9. The molecule has 0 spiro atoms. The molecule has 0 N–H and O–H groups in total. The number of likely N-dealkylation sites (N-methyl/N-ethyl adjacent to an activating group) is 6. The summed E-state index contributed by atoms with van der Waals surface area (Å²) in [5.74, 6) is 0.459. The molecule has 6 aliphatic heterocycles. The fraction of sp³-hybridized carbons (Fsp3) is 0.667. The van der Waals surface area contributed by atoms with E-state index in [0.29, 0.717) is 168 Å². The van der Waals surface area contributed by atoms with E-state index in [1.807, 2.05) is 36.4 Å². The molecule has 12 bridgehead atoms. The molecule has 12 fully saturated rings. The monoisotopic (exact) mass is 1670 g/mol. The van der Waals surface area contributed by atoms with Crippen molar-refractivity contribution in [3.63, 3.8) is 0 Å². The largest absolute Gasteiger partial charge is 0.497 e. The van der Waals surface area contributed by atoms with Gasteiger partial charge < -0.3 is 57.8 Å². The average Bonchev–Trinajstić information content (AvgIpc) is 0.638. The molecule has 6 unspecified atom stereocenters. The lowest BCUT2D eigenvalue weighted by molar-refractivity contribution is 0.00272. The van der Waals surface area contributed by atoms with E-state index >= 15 is 0 Å². The van der Waals surface area contributed by atoms with E-state index in [1.165, 1.54) is 52.3 Å². The van der Waals surface area contributed by atoms with Crippen LogP contribution in [-0.2, 0) is 70.9 Å². The number of likely N-dealkylation sites (tertiary alicyclic amines) is 6. The summed E-state index contributed by atoms with van der Waals surface area (Å²) in [5, 5.41) is 0. The number of rotatable bonds is 6. The first-order valence-corrected chi connectivity index (χ1v) is 44.4. The zero-order valence-corrected chi connectivity index (χ0v) is 71.8. The topological polar surface area (TPSA) is 74.8 Å². The number of nitrogens with zero attached hydrogens (tertiary/aromatic N) is 6. The molecule has 0 radical (unpaired) electrons. The molecule has 12 heteroatoms. The van der Waals surface area contributed by atoms with Gasteiger partial charge >= 0.3 is 0 Å². The third-order valence-electron chi connectivity index (χ3n) is 31.1. The molecule has 0 amide bonds. The molecule has 0 aromatic heterocycles. The first kappa shape index (κ1) is 49.1. The molecular formula is C108H150N6O6. The maximum absolute atomic E-state index is 9.27. The van der Waals surface area contributed by atoms with Crippen molar-refractivity contribution in [1.29, 1.82) is 0 Å². The van der Waals surface area contributed by atoms with Crippen LogP contribution in [0.4, 0.5) is 0 Å². The van der Waals surface area contributed by atoms with Gasteiger partial charge in [-0.05, 0) is 410 Å². The van der Waals surface area contributed by atoms with Crippen molar-refractivity contribution < 1.29 is 83.3 Å². The average molecular weight is 1670 g/mol. The molecule has 120 heavy (non-hydrogen) atoms. The summed E-state index contributed by atoms with van der Waals surface area (Å²) in [5.41, 5.74) is 0.909. The summed E-state index contributed by atoms with van der Waals surface area (Å²) in [6.07, 6.45) is -1.17. The van der Waals surface area contributed by atoms with Crippen LogP contribution in [0.3, 0.4) is 0 Å². The smallest absolute Gasteiger partial charge is 0.119 e. The highest BCUT2D eigenvalue weighted by Gasteiger charge is 2.60. The number of piperidine rings is 6. The Morgan fingerprint density at radius 1 is 0.267 bits per heavy atom. The number of methoxy groups -OCH3 is 6. The summed E-state index contributed by atoms with van der Waals surface area (Å²) < 4.78 is 381. The highest BCUT2D eigenvalue weighted by atomic mass is 16.5. The van der Waals surface area contributed by atoms with E-state index in [0.717, 1.165) is 109 Å². The fourth-order valence-corrected chi connectivity index (χ4v) is 25.1. The van der Waals surface area contributed by atoms with Crippen molar-refractivity contribution >= 4 is 0 Å². The van der Waals surface area contributed by atoms with Crippen molar-refractivity contribution in [3.8, 4) is 34.5 Å². The van der Waals surface area contributed by atoms with Crippen LogP contribution in [0.2, 0.25) is 0 Å². The van der Waals surface area contributed by atoms with Crippen LogP contribution in [-0.4, -0.2) is 189 Å². The van der Waals surface area contributed by atoms with Gasteiger partial charge in [0.1, 0.15) is 34.5 Å². The molecular weight excluding hydrogens is 1480 g/mol. The Hall–Kier alpha value is -6.12. The maximum atomic E-state index is 9.27. The van der Waals surface area contributed by atoms with Gasteiger partial charge in [-0.25, -0.2) is 0 Å². The third kappa shape index (κ3) is 14.1. The number of benzene rings is 6. The summed E-state index contributed by atoms with van der Waals surface area (Å²) in [6, 6.07) is 22.2. The molecule has 6 aromatic rings. The van der Waals surface area contributed by atoms with Gasteiger partial charge in [-0.15, -0.1) is 0 Å². The minimum absolute atomic E-state index is 0.0483. The fourth-order valence-electron chi connectivity index (χ4n) is 25.1. The predicted octanol–water partition coefficient (Wildman–Crippen LogP) is 20.3. The summed E-state index contributed by atoms with van der Waals surface area (Å²) in [4.78, 5) is 5.86. The van der Waals surface area contributed by atoms with Crippen LogP contribution in [0.1, 0.15) is 314 Å². The first-order chi connectivity index (χ1) is 73.7. The predicted molar refractivity (Wildman–Crippen MR) is 488 cm³/mol. The Bertz CT molecular complexity index is 6270. The highest BCUT2D eigenvalue weighted by molar-refractivity contribution is 5.52. The Morgan fingerprint density at radius 3 is 0.683 bits per heavy atom. The van der Waals surface area contributed by atoms with E-state index in [9.17, 15) is 8.22 Å². The van der Waals surface area contributed by atoms with Gasteiger partial charge in [0, 0.05) is 123 Å². The minimum Gasteiger partial charge on any atom is -0.497 e. The first-order valence-electron chi connectivity index (χ1n) is 64.4. The van der Waals surface area contributed by atoms with Crippen LogP contribution >= 0.6 is 0 Å².